The highest BCUT2D eigenvalue weighted by molar-refractivity contribution is 6.13. The summed E-state index contributed by atoms with van der Waals surface area (Å²) >= 11 is 0. The number of aromatic nitrogens is 3. The summed E-state index contributed by atoms with van der Waals surface area (Å²) in [6.45, 7) is 0. The SMILES string of the molecule is C1=CC(c2nc(-c3ccccc3)nc(-c3ccccc3)n2)C2C(=C1)Oc1ccc(-c3cc4ccccc4c4ccccc34)cc12. The molecule has 1 aliphatic heterocycles. The fourth-order valence-corrected chi connectivity index (χ4v) is 6.79. The number of rotatable bonds is 4. The number of fused-ring (bicyclic) bond motifs is 6. The topological polar surface area (TPSA) is 47.9 Å². The summed E-state index contributed by atoms with van der Waals surface area (Å²) in [4.78, 5) is 15.1. The predicted molar refractivity (Wildman–Crippen MR) is 181 cm³/mol. The van der Waals surface area contributed by atoms with Gasteiger partial charge in [0.2, 0.25) is 0 Å². The lowest BCUT2D eigenvalue weighted by Gasteiger charge is -2.23. The monoisotopic (exact) mass is 577 g/mol. The van der Waals surface area contributed by atoms with Crippen LogP contribution in [0.5, 0.6) is 5.75 Å². The number of hydrogen-bond acceptors (Lipinski definition) is 4. The number of nitrogens with zero attached hydrogens (tertiary/aromatic N) is 3. The highest BCUT2D eigenvalue weighted by Crippen LogP contribution is 2.51. The quantitative estimate of drug-likeness (QED) is 0.195. The Morgan fingerprint density at radius 2 is 1.18 bits per heavy atom. The van der Waals surface area contributed by atoms with Crippen molar-refractivity contribution in [1.29, 1.82) is 0 Å². The molecule has 212 valence electrons. The van der Waals surface area contributed by atoms with Crippen molar-refractivity contribution in [2.24, 2.45) is 0 Å². The van der Waals surface area contributed by atoms with Crippen LogP contribution in [0, 0.1) is 0 Å². The second-order valence-electron chi connectivity index (χ2n) is 11.6. The molecule has 0 fully saturated rings. The van der Waals surface area contributed by atoms with E-state index in [-0.39, 0.29) is 11.8 Å². The molecule has 0 saturated carbocycles. The van der Waals surface area contributed by atoms with Gasteiger partial charge in [-0.25, -0.2) is 15.0 Å². The van der Waals surface area contributed by atoms with Gasteiger partial charge in [0, 0.05) is 16.7 Å². The molecular formula is C41H27N3O. The maximum atomic E-state index is 6.48. The van der Waals surface area contributed by atoms with Crippen molar-refractivity contribution < 1.29 is 4.74 Å². The second-order valence-corrected chi connectivity index (χ2v) is 11.6. The molecular weight excluding hydrogens is 550 g/mol. The molecule has 4 heteroatoms. The first kappa shape index (κ1) is 25.6. The molecule has 7 aromatic rings. The maximum Gasteiger partial charge on any atom is 0.163 e. The molecule has 45 heavy (non-hydrogen) atoms. The van der Waals surface area contributed by atoms with E-state index in [0.717, 1.165) is 34.0 Å². The van der Waals surface area contributed by atoms with Gasteiger partial charge in [-0.3, -0.25) is 0 Å². The van der Waals surface area contributed by atoms with E-state index < -0.39 is 0 Å². The van der Waals surface area contributed by atoms with Crippen LogP contribution >= 0.6 is 0 Å². The van der Waals surface area contributed by atoms with Crippen LogP contribution in [0.4, 0.5) is 0 Å². The van der Waals surface area contributed by atoms with Crippen molar-refractivity contribution in [1.82, 2.24) is 15.0 Å². The Hall–Kier alpha value is -5.87. The molecule has 1 aromatic heterocycles. The smallest absolute Gasteiger partial charge is 0.163 e. The molecule has 0 saturated heterocycles. The van der Waals surface area contributed by atoms with Gasteiger partial charge in [0.25, 0.3) is 0 Å². The number of ether oxygens (including phenoxy) is 1. The number of benzene rings is 6. The van der Waals surface area contributed by atoms with Gasteiger partial charge in [-0.05, 0) is 56.9 Å². The lowest BCUT2D eigenvalue weighted by atomic mass is 9.81. The summed E-state index contributed by atoms with van der Waals surface area (Å²) in [6, 6.07) is 46.5. The third-order valence-electron chi connectivity index (χ3n) is 8.91. The Morgan fingerprint density at radius 3 is 1.91 bits per heavy atom. The van der Waals surface area contributed by atoms with E-state index in [4.69, 9.17) is 19.7 Å². The van der Waals surface area contributed by atoms with Crippen molar-refractivity contribution in [3.63, 3.8) is 0 Å². The van der Waals surface area contributed by atoms with Crippen molar-refractivity contribution in [3.05, 3.63) is 169 Å². The van der Waals surface area contributed by atoms with Crippen LogP contribution < -0.4 is 4.74 Å². The lowest BCUT2D eigenvalue weighted by Crippen LogP contribution is -2.16. The zero-order valence-corrected chi connectivity index (χ0v) is 24.3. The Bertz CT molecular complexity index is 2250. The van der Waals surface area contributed by atoms with E-state index in [9.17, 15) is 0 Å². The maximum absolute atomic E-state index is 6.48. The van der Waals surface area contributed by atoms with Gasteiger partial charge < -0.3 is 4.74 Å². The molecule has 2 unspecified atom stereocenters. The minimum atomic E-state index is -0.122. The molecule has 0 bridgehead atoms. The highest BCUT2D eigenvalue weighted by atomic mass is 16.5. The Labute approximate surface area is 261 Å². The van der Waals surface area contributed by atoms with Gasteiger partial charge in [-0.1, -0.05) is 127 Å². The molecule has 9 rings (SSSR count). The molecule has 0 radical (unpaired) electrons. The van der Waals surface area contributed by atoms with Crippen LogP contribution in [-0.2, 0) is 0 Å². The highest BCUT2D eigenvalue weighted by Gasteiger charge is 2.39. The van der Waals surface area contributed by atoms with E-state index in [0.29, 0.717) is 11.6 Å². The molecule has 2 aliphatic rings. The molecule has 1 aliphatic carbocycles. The van der Waals surface area contributed by atoms with E-state index in [1.807, 2.05) is 60.7 Å². The molecule has 4 nitrogen and oxygen atoms in total. The van der Waals surface area contributed by atoms with Crippen molar-refractivity contribution in [3.8, 4) is 39.7 Å². The fraction of sp³-hybridized carbons (Fsp3) is 0.0488. The van der Waals surface area contributed by atoms with Crippen LogP contribution in [0.3, 0.4) is 0 Å². The summed E-state index contributed by atoms with van der Waals surface area (Å²) < 4.78 is 6.48. The van der Waals surface area contributed by atoms with Crippen LogP contribution in [-0.4, -0.2) is 15.0 Å². The fourth-order valence-electron chi connectivity index (χ4n) is 6.79. The third-order valence-corrected chi connectivity index (χ3v) is 8.91. The van der Waals surface area contributed by atoms with Crippen LogP contribution in [0.2, 0.25) is 0 Å². The zero-order valence-electron chi connectivity index (χ0n) is 24.3. The molecule has 2 heterocycles. The van der Waals surface area contributed by atoms with Gasteiger partial charge in [-0.2, -0.15) is 0 Å². The minimum Gasteiger partial charge on any atom is -0.461 e. The Balaban J connectivity index is 1.20. The lowest BCUT2D eigenvalue weighted by molar-refractivity contribution is 0.414. The van der Waals surface area contributed by atoms with Crippen LogP contribution in [0.1, 0.15) is 23.2 Å². The molecule has 0 N–H and O–H groups in total. The summed E-state index contributed by atoms with van der Waals surface area (Å²) in [5.41, 5.74) is 5.45. The third kappa shape index (κ3) is 4.34. The van der Waals surface area contributed by atoms with Gasteiger partial charge in [0.1, 0.15) is 17.3 Å². The van der Waals surface area contributed by atoms with Crippen molar-refractivity contribution in [2.75, 3.05) is 0 Å². The largest absolute Gasteiger partial charge is 0.461 e. The Morgan fingerprint density at radius 1 is 0.533 bits per heavy atom. The van der Waals surface area contributed by atoms with E-state index in [2.05, 4.69) is 91.0 Å². The first-order valence-corrected chi connectivity index (χ1v) is 15.3. The molecule has 2 atom stereocenters. The van der Waals surface area contributed by atoms with Gasteiger partial charge in [-0.15, -0.1) is 0 Å². The summed E-state index contributed by atoms with van der Waals surface area (Å²) in [7, 11) is 0. The van der Waals surface area contributed by atoms with Crippen molar-refractivity contribution >= 4 is 21.5 Å². The summed E-state index contributed by atoms with van der Waals surface area (Å²) in [5, 5.41) is 4.99. The number of hydrogen-bond donors (Lipinski definition) is 0. The molecule has 6 aromatic carbocycles. The van der Waals surface area contributed by atoms with Crippen LogP contribution in [0.15, 0.2) is 157 Å². The average Bonchev–Trinajstić information content (AvgIpc) is 3.50. The zero-order chi connectivity index (χ0) is 29.7. The second kappa shape index (κ2) is 10.4. The predicted octanol–water partition coefficient (Wildman–Crippen LogP) is 9.89. The van der Waals surface area contributed by atoms with E-state index in [1.54, 1.807) is 0 Å². The van der Waals surface area contributed by atoms with Crippen LogP contribution in [0.25, 0.3) is 55.4 Å². The Kier molecular flexibility index (Phi) is 5.91. The number of allylic oxidation sites excluding steroid dienone is 4. The standard InChI is InChI=1S/C41H27N3O/c1-3-12-26(13-4-1)39-42-40(27-14-5-2-6-15-27)44-41(43-39)33-20-11-21-37-38(33)35-25-29(22-23-36(35)45-37)34-24-28-16-7-8-17-30(28)31-18-9-10-19-32(31)34/h1-25,33,38H. The summed E-state index contributed by atoms with van der Waals surface area (Å²) in [5.74, 6) is 3.69. The summed E-state index contributed by atoms with van der Waals surface area (Å²) in [6.07, 6.45) is 6.33. The molecule has 0 spiro atoms. The van der Waals surface area contributed by atoms with Gasteiger partial charge in [0.15, 0.2) is 11.6 Å². The van der Waals surface area contributed by atoms with Crippen molar-refractivity contribution in [2.45, 2.75) is 11.8 Å². The first-order chi connectivity index (χ1) is 22.3. The first-order valence-electron chi connectivity index (χ1n) is 15.3. The van der Waals surface area contributed by atoms with E-state index in [1.165, 1.54) is 32.7 Å². The molecule has 0 amide bonds. The van der Waals surface area contributed by atoms with E-state index >= 15 is 0 Å². The normalized spacial score (nSPS) is 16.7. The van der Waals surface area contributed by atoms with Gasteiger partial charge in [0.05, 0.1) is 11.8 Å². The minimum absolute atomic E-state index is 0.0497. The van der Waals surface area contributed by atoms with Gasteiger partial charge >= 0.3 is 0 Å². The average molecular weight is 578 g/mol.